The predicted octanol–water partition coefficient (Wildman–Crippen LogP) is 4.91. The number of carbonyl (C=O) groups excluding carboxylic acids is 1. The van der Waals surface area contributed by atoms with Crippen molar-refractivity contribution in [2.45, 2.75) is 6.54 Å². The molecule has 150 valence electrons. The molecule has 0 aliphatic rings. The molecule has 0 radical (unpaired) electrons. The number of halogens is 1. The summed E-state index contributed by atoms with van der Waals surface area (Å²) in [6.07, 6.45) is 3.74. The number of para-hydroxylation sites is 1. The van der Waals surface area contributed by atoms with E-state index in [-0.39, 0.29) is 12.5 Å². The Morgan fingerprint density at radius 3 is 2.50 bits per heavy atom. The Kier molecular flexibility index (Phi) is 6.11. The van der Waals surface area contributed by atoms with Gasteiger partial charge in [-0.1, -0.05) is 60.1 Å². The lowest BCUT2D eigenvalue weighted by molar-refractivity contribution is -0.119. The van der Waals surface area contributed by atoms with Crippen molar-refractivity contribution in [3.63, 3.8) is 0 Å². The van der Waals surface area contributed by atoms with Gasteiger partial charge in [0, 0.05) is 39.9 Å². The van der Waals surface area contributed by atoms with Crippen LogP contribution in [0.5, 0.6) is 0 Å². The predicted molar refractivity (Wildman–Crippen MR) is 123 cm³/mol. The fourth-order valence-electron chi connectivity index (χ4n) is 3.25. The minimum absolute atomic E-state index is 0.120. The van der Waals surface area contributed by atoms with Crippen molar-refractivity contribution in [1.82, 2.24) is 9.99 Å². The number of hydrogen-bond donors (Lipinski definition) is 2. The maximum atomic E-state index is 12.1. The average molecular weight is 417 g/mol. The number of hydrogen-bond acceptors (Lipinski definition) is 3. The van der Waals surface area contributed by atoms with Crippen LogP contribution in [0.15, 0.2) is 90.2 Å². The number of fused-ring (bicyclic) bond motifs is 1. The Balaban J connectivity index is 1.42. The van der Waals surface area contributed by atoms with Gasteiger partial charge in [0.15, 0.2) is 0 Å². The molecule has 0 unspecified atom stereocenters. The molecule has 0 aliphatic carbocycles. The minimum atomic E-state index is -0.228. The standard InChI is InChI=1S/C24H21ClN4O/c25-20-10-12-21(13-11-20)26-15-24(30)28-27-14-19-17-29(16-18-6-2-1-3-7-18)23-9-5-4-8-22(19)23/h1-14,17,26H,15-16H2,(H,28,30)/b27-14-. The van der Waals surface area contributed by atoms with Crippen LogP contribution in [-0.2, 0) is 11.3 Å². The number of benzene rings is 3. The molecule has 1 aromatic heterocycles. The summed E-state index contributed by atoms with van der Waals surface area (Å²) in [5, 5.41) is 8.91. The van der Waals surface area contributed by atoms with E-state index >= 15 is 0 Å². The van der Waals surface area contributed by atoms with Gasteiger partial charge in [-0.15, -0.1) is 0 Å². The first kappa shape index (κ1) is 19.7. The van der Waals surface area contributed by atoms with Gasteiger partial charge in [0.05, 0.1) is 12.8 Å². The first-order valence-electron chi connectivity index (χ1n) is 9.62. The van der Waals surface area contributed by atoms with E-state index in [0.29, 0.717) is 5.02 Å². The summed E-state index contributed by atoms with van der Waals surface area (Å²) < 4.78 is 2.19. The number of nitrogens with zero attached hydrogens (tertiary/aromatic N) is 2. The Bertz CT molecular complexity index is 1170. The highest BCUT2D eigenvalue weighted by Crippen LogP contribution is 2.21. The van der Waals surface area contributed by atoms with Crippen LogP contribution in [0.1, 0.15) is 11.1 Å². The highest BCUT2D eigenvalue weighted by Gasteiger charge is 2.07. The number of carbonyl (C=O) groups is 1. The topological polar surface area (TPSA) is 58.4 Å². The Morgan fingerprint density at radius 2 is 1.70 bits per heavy atom. The zero-order valence-corrected chi connectivity index (χ0v) is 17.0. The lowest BCUT2D eigenvalue weighted by atomic mass is 10.2. The van der Waals surface area contributed by atoms with Gasteiger partial charge < -0.3 is 9.88 Å². The Morgan fingerprint density at radius 1 is 0.967 bits per heavy atom. The van der Waals surface area contributed by atoms with E-state index in [9.17, 15) is 4.79 Å². The van der Waals surface area contributed by atoms with Crippen LogP contribution in [0, 0.1) is 0 Å². The summed E-state index contributed by atoms with van der Waals surface area (Å²) in [5.74, 6) is -0.228. The van der Waals surface area contributed by atoms with E-state index in [4.69, 9.17) is 11.6 Å². The third kappa shape index (κ3) is 4.88. The van der Waals surface area contributed by atoms with Gasteiger partial charge in [0.1, 0.15) is 0 Å². The molecule has 1 amide bonds. The Hall–Kier alpha value is -3.57. The van der Waals surface area contributed by atoms with Crippen LogP contribution in [-0.4, -0.2) is 23.2 Å². The molecule has 0 saturated carbocycles. The summed E-state index contributed by atoms with van der Waals surface area (Å²) in [6.45, 7) is 0.890. The average Bonchev–Trinajstić information content (AvgIpc) is 3.12. The molecule has 3 aromatic carbocycles. The fraction of sp³-hybridized carbons (Fsp3) is 0.0833. The van der Waals surface area contributed by atoms with E-state index in [1.807, 2.05) is 42.5 Å². The molecule has 0 spiro atoms. The molecule has 0 atom stereocenters. The zero-order valence-electron chi connectivity index (χ0n) is 16.3. The number of nitrogens with one attached hydrogen (secondary N) is 2. The number of rotatable bonds is 7. The van der Waals surface area contributed by atoms with Crippen LogP contribution in [0.4, 0.5) is 5.69 Å². The lowest BCUT2D eigenvalue weighted by Gasteiger charge is -2.05. The summed E-state index contributed by atoms with van der Waals surface area (Å²) >= 11 is 5.86. The third-order valence-electron chi connectivity index (χ3n) is 4.71. The SMILES string of the molecule is O=C(CNc1ccc(Cl)cc1)N/N=C\c1cn(Cc2ccccc2)c2ccccc12. The summed E-state index contributed by atoms with van der Waals surface area (Å²) in [4.78, 5) is 12.1. The first-order valence-corrected chi connectivity index (χ1v) is 10.00. The number of amides is 1. The van der Waals surface area contributed by atoms with E-state index in [0.717, 1.165) is 28.7 Å². The monoisotopic (exact) mass is 416 g/mol. The maximum absolute atomic E-state index is 12.1. The second-order valence-electron chi connectivity index (χ2n) is 6.87. The molecule has 4 aromatic rings. The summed E-state index contributed by atoms with van der Waals surface area (Å²) in [7, 11) is 0. The second kappa shape index (κ2) is 9.29. The molecule has 0 saturated heterocycles. The molecule has 0 fully saturated rings. The van der Waals surface area contributed by atoms with E-state index < -0.39 is 0 Å². The van der Waals surface area contributed by atoms with Crippen molar-refractivity contribution in [1.29, 1.82) is 0 Å². The van der Waals surface area contributed by atoms with E-state index in [1.54, 1.807) is 18.3 Å². The lowest BCUT2D eigenvalue weighted by Crippen LogP contribution is -2.25. The van der Waals surface area contributed by atoms with Gasteiger partial charge in [-0.2, -0.15) is 5.10 Å². The molecule has 6 heteroatoms. The van der Waals surface area contributed by atoms with E-state index in [1.165, 1.54) is 5.56 Å². The highest BCUT2D eigenvalue weighted by molar-refractivity contribution is 6.30. The number of anilines is 1. The summed E-state index contributed by atoms with van der Waals surface area (Å²) in [5.41, 5.74) is 6.69. The Labute approximate surface area is 180 Å². The van der Waals surface area contributed by atoms with Crippen LogP contribution in [0.2, 0.25) is 5.02 Å². The molecule has 4 rings (SSSR count). The van der Waals surface area contributed by atoms with Crippen LogP contribution in [0.25, 0.3) is 10.9 Å². The molecule has 0 aliphatic heterocycles. The van der Waals surface area contributed by atoms with Gasteiger partial charge in [0.25, 0.3) is 5.91 Å². The molecule has 30 heavy (non-hydrogen) atoms. The zero-order chi connectivity index (χ0) is 20.8. The fourth-order valence-corrected chi connectivity index (χ4v) is 3.38. The summed E-state index contributed by atoms with van der Waals surface area (Å²) in [6, 6.07) is 25.7. The van der Waals surface area contributed by atoms with Crippen molar-refractivity contribution in [3.05, 3.63) is 101 Å². The van der Waals surface area contributed by atoms with Gasteiger partial charge in [-0.05, 0) is 35.9 Å². The molecular formula is C24H21ClN4O. The van der Waals surface area contributed by atoms with Crippen molar-refractivity contribution in [2.75, 3.05) is 11.9 Å². The van der Waals surface area contributed by atoms with Crippen LogP contribution < -0.4 is 10.7 Å². The van der Waals surface area contributed by atoms with Crippen molar-refractivity contribution < 1.29 is 4.79 Å². The smallest absolute Gasteiger partial charge is 0.259 e. The van der Waals surface area contributed by atoms with Crippen LogP contribution in [0.3, 0.4) is 0 Å². The van der Waals surface area contributed by atoms with Crippen molar-refractivity contribution >= 4 is 40.3 Å². The van der Waals surface area contributed by atoms with Gasteiger partial charge in [-0.25, -0.2) is 5.43 Å². The quantitative estimate of drug-likeness (QED) is 0.332. The van der Waals surface area contributed by atoms with Gasteiger partial charge >= 0.3 is 0 Å². The first-order chi connectivity index (χ1) is 14.7. The number of aromatic nitrogens is 1. The van der Waals surface area contributed by atoms with Gasteiger partial charge in [0.2, 0.25) is 0 Å². The van der Waals surface area contributed by atoms with Crippen LogP contribution >= 0.6 is 11.6 Å². The molecule has 2 N–H and O–H groups in total. The molecule has 5 nitrogen and oxygen atoms in total. The number of hydrazone groups is 1. The maximum Gasteiger partial charge on any atom is 0.259 e. The van der Waals surface area contributed by atoms with Gasteiger partial charge in [-0.3, -0.25) is 4.79 Å². The van der Waals surface area contributed by atoms with Crippen molar-refractivity contribution in [3.8, 4) is 0 Å². The normalized spacial score (nSPS) is 11.1. The molecule has 1 heterocycles. The second-order valence-corrected chi connectivity index (χ2v) is 7.31. The minimum Gasteiger partial charge on any atom is -0.376 e. The third-order valence-corrected chi connectivity index (χ3v) is 4.96. The van der Waals surface area contributed by atoms with E-state index in [2.05, 4.69) is 50.9 Å². The van der Waals surface area contributed by atoms with Crippen molar-refractivity contribution in [2.24, 2.45) is 5.10 Å². The highest BCUT2D eigenvalue weighted by atomic mass is 35.5. The molecule has 0 bridgehead atoms. The largest absolute Gasteiger partial charge is 0.376 e. The molecular weight excluding hydrogens is 396 g/mol.